The highest BCUT2D eigenvalue weighted by atomic mass is 16.1. The van der Waals surface area contributed by atoms with Gasteiger partial charge in [-0.15, -0.1) is 0 Å². The zero-order valence-corrected chi connectivity index (χ0v) is 14.4. The molecule has 1 heterocycles. The van der Waals surface area contributed by atoms with Crippen LogP contribution >= 0.6 is 0 Å². The van der Waals surface area contributed by atoms with Crippen molar-refractivity contribution in [3.63, 3.8) is 0 Å². The molecule has 0 fully saturated rings. The Balaban J connectivity index is 0.000000161. The first-order valence-corrected chi connectivity index (χ1v) is 8.23. The fraction of sp³-hybridized carbons (Fsp3) is 0.0476. The smallest absolute Gasteiger partial charge is 0.248 e. The molecule has 1 aliphatic carbocycles. The Bertz CT molecular complexity index is 1040. The zero-order valence-electron chi connectivity index (χ0n) is 14.4. The van der Waals surface area contributed by atoms with E-state index in [0.29, 0.717) is 17.5 Å². The Kier molecular flexibility index (Phi) is 5.08. The minimum Gasteiger partial charge on any atom is -0.366 e. The number of amides is 2. The Labute approximate surface area is 155 Å². The lowest BCUT2D eigenvalue weighted by Crippen LogP contribution is -2.13. The SMILES string of the molecule is NC(=O)c1ccc(C(N)=O)cc1.O=C1C=Cc2c(cnc3ccccc23)C1. The molecule has 4 N–H and O–H groups in total. The van der Waals surface area contributed by atoms with Crippen LogP contribution in [0.4, 0.5) is 0 Å². The molecule has 1 aliphatic rings. The van der Waals surface area contributed by atoms with Gasteiger partial charge in [-0.1, -0.05) is 24.3 Å². The maximum atomic E-state index is 11.2. The van der Waals surface area contributed by atoms with Crippen LogP contribution in [0.25, 0.3) is 17.0 Å². The first kappa shape index (κ1) is 18.0. The number of fused-ring (bicyclic) bond motifs is 3. The van der Waals surface area contributed by atoms with Crippen LogP contribution in [-0.4, -0.2) is 22.6 Å². The molecule has 0 saturated heterocycles. The lowest BCUT2D eigenvalue weighted by molar-refractivity contribution is -0.114. The fourth-order valence-electron chi connectivity index (χ4n) is 2.76. The summed E-state index contributed by atoms with van der Waals surface area (Å²) >= 11 is 0. The fourth-order valence-corrected chi connectivity index (χ4v) is 2.76. The molecule has 0 radical (unpaired) electrons. The molecule has 0 aliphatic heterocycles. The molecule has 0 saturated carbocycles. The van der Waals surface area contributed by atoms with Crippen LogP contribution < -0.4 is 11.5 Å². The third-order valence-corrected chi connectivity index (χ3v) is 4.15. The van der Waals surface area contributed by atoms with E-state index in [1.165, 1.54) is 24.3 Å². The van der Waals surface area contributed by atoms with Gasteiger partial charge in [0.2, 0.25) is 11.8 Å². The molecule has 0 atom stereocenters. The average Bonchev–Trinajstić information content (AvgIpc) is 2.68. The number of nitrogens with two attached hydrogens (primary N) is 2. The van der Waals surface area contributed by atoms with Crippen LogP contribution in [0.3, 0.4) is 0 Å². The molecule has 0 spiro atoms. The van der Waals surface area contributed by atoms with E-state index in [0.717, 1.165) is 22.0 Å². The van der Waals surface area contributed by atoms with Crippen molar-refractivity contribution in [2.24, 2.45) is 11.5 Å². The Morgan fingerprint density at radius 1 is 0.852 bits per heavy atom. The van der Waals surface area contributed by atoms with Gasteiger partial charge >= 0.3 is 0 Å². The summed E-state index contributed by atoms with van der Waals surface area (Å²) in [6.45, 7) is 0. The van der Waals surface area contributed by atoms with E-state index >= 15 is 0 Å². The van der Waals surface area contributed by atoms with Crippen LogP contribution in [0.15, 0.2) is 60.8 Å². The van der Waals surface area contributed by atoms with Gasteiger partial charge in [-0.2, -0.15) is 0 Å². The van der Waals surface area contributed by atoms with Crippen molar-refractivity contribution in [3.8, 4) is 0 Å². The molecule has 2 amide bonds. The van der Waals surface area contributed by atoms with Crippen molar-refractivity contribution in [3.05, 3.63) is 83.1 Å². The standard InChI is InChI=1S/C13H9NO.C8H8N2O2/c15-10-5-6-11-9(7-10)8-14-13-4-2-1-3-12(11)13;9-7(11)5-1-2-6(4-3-5)8(10)12/h1-6,8H,7H2;1-4H,(H2,9,11)(H2,10,12). The number of pyridine rings is 1. The minimum atomic E-state index is -0.522. The van der Waals surface area contributed by atoms with E-state index in [2.05, 4.69) is 4.98 Å². The summed E-state index contributed by atoms with van der Waals surface area (Å²) in [5.74, 6) is -0.892. The van der Waals surface area contributed by atoms with Crippen LogP contribution in [0.1, 0.15) is 31.8 Å². The van der Waals surface area contributed by atoms with E-state index in [4.69, 9.17) is 11.5 Å². The number of nitrogens with zero attached hydrogens (tertiary/aromatic N) is 1. The number of primary amides is 2. The molecule has 2 aromatic carbocycles. The largest absolute Gasteiger partial charge is 0.366 e. The molecule has 134 valence electrons. The summed E-state index contributed by atoms with van der Waals surface area (Å²) in [4.78, 5) is 36.8. The Hall–Kier alpha value is -3.80. The lowest BCUT2D eigenvalue weighted by atomic mass is 9.95. The molecule has 3 aromatic rings. The lowest BCUT2D eigenvalue weighted by Gasteiger charge is -2.11. The van der Waals surface area contributed by atoms with Gasteiger partial charge in [0, 0.05) is 29.1 Å². The molecule has 0 bridgehead atoms. The molecule has 6 nitrogen and oxygen atoms in total. The topological polar surface area (TPSA) is 116 Å². The van der Waals surface area contributed by atoms with E-state index < -0.39 is 11.8 Å². The maximum Gasteiger partial charge on any atom is 0.248 e. The third-order valence-electron chi connectivity index (χ3n) is 4.15. The second-order valence-electron chi connectivity index (χ2n) is 6.00. The number of carbonyl (C=O) groups excluding carboxylic acids is 3. The average molecular weight is 359 g/mol. The van der Waals surface area contributed by atoms with Gasteiger partial charge in [0.25, 0.3) is 0 Å². The first-order chi connectivity index (χ1) is 13.0. The number of para-hydroxylation sites is 1. The number of carbonyl (C=O) groups is 3. The number of rotatable bonds is 2. The van der Waals surface area contributed by atoms with Crippen LogP contribution in [0.2, 0.25) is 0 Å². The van der Waals surface area contributed by atoms with Gasteiger partial charge in [0.05, 0.1) is 5.52 Å². The number of aromatic nitrogens is 1. The van der Waals surface area contributed by atoms with E-state index in [9.17, 15) is 14.4 Å². The predicted octanol–water partition coefficient (Wildman–Crippen LogP) is 2.26. The summed E-state index contributed by atoms with van der Waals surface area (Å²) in [6, 6.07) is 13.8. The van der Waals surface area contributed by atoms with Gasteiger partial charge in [-0.3, -0.25) is 19.4 Å². The van der Waals surface area contributed by atoms with E-state index in [1.54, 1.807) is 12.3 Å². The van der Waals surface area contributed by atoms with Crippen molar-refractivity contribution < 1.29 is 14.4 Å². The van der Waals surface area contributed by atoms with Gasteiger partial charge in [0.1, 0.15) is 0 Å². The Morgan fingerprint density at radius 2 is 1.44 bits per heavy atom. The molecule has 1 aromatic heterocycles. The second-order valence-corrected chi connectivity index (χ2v) is 6.00. The number of hydrogen-bond acceptors (Lipinski definition) is 4. The number of ketones is 1. The van der Waals surface area contributed by atoms with Gasteiger partial charge < -0.3 is 11.5 Å². The molecular weight excluding hydrogens is 342 g/mol. The van der Waals surface area contributed by atoms with Gasteiger partial charge in [0.15, 0.2) is 5.78 Å². The van der Waals surface area contributed by atoms with Crippen molar-refractivity contribution >= 4 is 34.6 Å². The summed E-state index contributed by atoms with van der Waals surface area (Å²) in [7, 11) is 0. The van der Waals surface area contributed by atoms with Crippen molar-refractivity contribution in [2.45, 2.75) is 6.42 Å². The number of hydrogen-bond donors (Lipinski definition) is 2. The second kappa shape index (κ2) is 7.61. The van der Waals surface area contributed by atoms with Gasteiger partial charge in [-0.05, 0) is 47.5 Å². The van der Waals surface area contributed by atoms with Gasteiger partial charge in [-0.25, -0.2) is 0 Å². The first-order valence-electron chi connectivity index (χ1n) is 8.23. The summed E-state index contributed by atoms with van der Waals surface area (Å²) < 4.78 is 0. The molecule has 4 rings (SSSR count). The van der Waals surface area contributed by atoms with Crippen LogP contribution in [0, 0.1) is 0 Å². The molecule has 0 unspecified atom stereocenters. The van der Waals surface area contributed by atoms with Crippen molar-refractivity contribution in [2.75, 3.05) is 0 Å². The molecule has 6 heteroatoms. The van der Waals surface area contributed by atoms with Crippen molar-refractivity contribution in [1.29, 1.82) is 0 Å². The monoisotopic (exact) mass is 359 g/mol. The summed E-state index contributed by atoms with van der Waals surface area (Å²) in [5, 5.41) is 1.12. The van der Waals surface area contributed by atoms with Crippen LogP contribution in [0.5, 0.6) is 0 Å². The quantitative estimate of drug-likeness (QED) is 0.730. The molecular formula is C21H17N3O3. The maximum absolute atomic E-state index is 11.2. The highest BCUT2D eigenvalue weighted by molar-refractivity contribution is 6.02. The highest BCUT2D eigenvalue weighted by Gasteiger charge is 2.13. The summed E-state index contributed by atoms with van der Waals surface area (Å²) in [5.41, 5.74) is 13.8. The molecule has 27 heavy (non-hydrogen) atoms. The number of benzene rings is 2. The minimum absolute atomic E-state index is 0.152. The van der Waals surface area contributed by atoms with E-state index in [1.807, 2.05) is 30.3 Å². The normalized spacial score (nSPS) is 12.1. The van der Waals surface area contributed by atoms with E-state index in [-0.39, 0.29) is 5.78 Å². The Morgan fingerprint density at radius 3 is 2.04 bits per heavy atom. The third kappa shape index (κ3) is 4.07. The zero-order chi connectivity index (χ0) is 19.4. The summed E-state index contributed by atoms with van der Waals surface area (Å²) in [6.07, 6.45) is 5.82. The number of allylic oxidation sites excluding steroid dienone is 1. The van der Waals surface area contributed by atoms with Crippen LogP contribution in [-0.2, 0) is 11.2 Å². The predicted molar refractivity (Wildman–Crippen MR) is 103 cm³/mol. The highest BCUT2D eigenvalue weighted by Crippen LogP contribution is 2.24. The van der Waals surface area contributed by atoms with Crippen molar-refractivity contribution in [1.82, 2.24) is 4.98 Å².